The number of carbonyl (C=O) groups is 3. The van der Waals surface area contributed by atoms with Gasteiger partial charge in [-0.15, -0.1) is 6.58 Å². The third-order valence-electron chi connectivity index (χ3n) is 3.77. The lowest BCUT2D eigenvalue weighted by molar-refractivity contribution is -0.148. The van der Waals surface area contributed by atoms with Crippen LogP contribution in [0.15, 0.2) is 12.7 Å². The molecule has 0 aromatic carbocycles. The molecule has 0 fully saturated rings. The third kappa shape index (κ3) is 6.68. The molecule has 6 nitrogen and oxygen atoms in total. The first kappa shape index (κ1) is 22.1. The molecule has 1 unspecified atom stereocenters. The van der Waals surface area contributed by atoms with Gasteiger partial charge in [-0.25, -0.2) is 4.39 Å². The first-order chi connectivity index (χ1) is 10.9. The van der Waals surface area contributed by atoms with Gasteiger partial charge in [0.25, 0.3) is 0 Å². The van der Waals surface area contributed by atoms with Crippen LogP contribution in [0.2, 0.25) is 0 Å². The maximum absolute atomic E-state index is 14.3. The molecule has 3 N–H and O–H groups in total. The van der Waals surface area contributed by atoms with Crippen molar-refractivity contribution in [1.29, 1.82) is 0 Å². The number of carboxylic acid groups (broad SMARTS) is 1. The molecule has 0 aromatic heterocycles. The molecule has 0 heterocycles. The van der Waals surface area contributed by atoms with E-state index in [1.54, 1.807) is 0 Å². The summed E-state index contributed by atoms with van der Waals surface area (Å²) < 4.78 is 14.3. The summed E-state index contributed by atoms with van der Waals surface area (Å²) in [5, 5.41) is 14.1. The van der Waals surface area contributed by atoms with Crippen LogP contribution in [0.3, 0.4) is 0 Å². The van der Waals surface area contributed by atoms with Crippen molar-refractivity contribution in [2.45, 2.75) is 52.2 Å². The second-order valence-corrected chi connectivity index (χ2v) is 6.83. The van der Waals surface area contributed by atoms with E-state index in [-0.39, 0.29) is 12.3 Å². The zero-order valence-corrected chi connectivity index (χ0v) is 15.1. The van der Waals surface area contributed by atoms with Gasteiger partial charge >= 0.3 is 5.97 Å². The number of amides is 2. The van der Waals surface area contributed by atoms with Gasteiger partial charge in [0.2, 0.25) is 11.8 Å². The Kier molecular flexibility index (Phi) is 8.64. The molecule has 0 bridgehead atoms. The topological polar surface area (TPSA) is 95.5 Å². The summed E-state index contributed by atoms with van der Waals surface area (Å²) in [5.41, 5.74) is -1.99. The Hall–Kier alpha value is -1.92. The largest absolute Gasteiger partial charge is 0.481 e. The van der Waals surface area contributed by atoms with Crippen molar-refractivity contribution in [2.75, 3.05) is 7.05 Å². The normalized spacial score (nSPS) is 15.3. The standard InChI is InChI=1S/C17H29FN2O4/c1-7-8-11(16(23)24)12(9-10(2)3)14(21)20-13(15(22)19-6)17(4,5)18/h7,10-13H,1,8-9H2,2-6H3,(H,19,22)(H,20,21)(H,23,24)/t11-,12+,13?/m0/s1. The molecule has 0 saturated carbocycles. The van der Waals surface area contributed by atoms with Crippen LogP contribution >= 0.6 is 0 Å². The lowest BCUT2D eigenvalue weighted by Crippen LogP contribution is -2.57. The lowest BCUT2D eigenvalue weighted by Gasteiger charge is -2.30. The van der Waals surface area contributed by atoms with Crippen LogP contribution in [-0.4, -0.2) is 41.6 Å². The highest BCUT2D eigenvalue weighted by Crippen LogP contribution is 2.26. The highest BCUT2D eigenvalue weighted by molar-refractivity contribution is 5.91. The summed E-state index contributed by atoms with van der Waals surface area (Å²) in [6.45, 7) is 9.62. The van der Waals surface area contributed by atoms with Crippen LogP contribution in [0.4, 0.5) is 4.39 Å². The van der Waals surface area contributed by atoms with E-state index in [1.807, 2.05) is 13.8 Å². The summed E-state index contributed by atoms with van der Waals surface area (Å²) in [7, 11) is 1.34. The first-order valence-corrected chi connectivity index (χ1v) is 8.00. The number of hydrogen-bond acceptors (Lipinski definition) is 3. The molecular weight excluding hydrogens is 315 g/mol. The molecule has 0 aromatic rings. The number of carboxylic acids is 1. The Morgan fingerprint density at radius 1 is 1.21 bits per heavy atom. The number of allylic oxidation sites excluding steroid dienone is 1. The van der Waals surface area contributed by atoms with E-state index >= 15 is 0 Å². The molecule has 138 valence electrons. The van der Waals surface area contributed by atoms with Crippen molar-refractivity contribution in [2.24, 2.45) is 17.8 Å². The highest BCUT2D eigenvalue weighted by Gasteiger charge is 2.40. The van der Waals surface area contributed by atoms with Crippen LogP contribution < -0.4 is 10.6 Å². The minimum absolute atomic E-state index is 0.0595. The van der Waals surface area contributed by atoms with E-state index in [4.69, 9.17) is 0 Å². The average Bonchev–Trinajstić information content (AvgIpc) is 2.45. The fourth-order valence-electron chi connectivity index (χ4n) is 2.52. The van der Waals surface area contributed by atoms with Gasteiger partial charge in [-0.2, -0.15) is 0 Å². The van der Waals surface area contributed by atoms with Gasteiger partial charge in [0.1, 0.15) is 11.7 Å². The van der Waals surface area contributed by atoms with Crippen molar-refractivity contribution in [1.82, 2.24) is 10.6 Å². The summed E-state index contributed by atoms with van der Waals surface area (Å²) >= 11 is 0. The number of nitrogens with one attached hydrogen (secondary N) is 2. The van der Waals surface area contributed by atoms with Crippen molar-refractivity contribution in [3.8, 4) is 0 Å². The number of aliphatic carboxylic acids is 1. The summed E-state index contributed by atoms with van der Waals surface area (Å²) in [4.78, 5) is 36.0. The van der Waals surface area contributed by atoms with E-state index in [0.717, 1.165) is 0 Å². The second-order valence-electron chi connectivity index (χ2n) is 6.83. The molecule has 0 aliphatic carbocycles. The lowest BCUT2D eigenvalue weighted by atomic mass is 9.82. The molecule has 0 aliphatic rings. The number of carbonyl (C=O) groups excluding carboxylic acids is 2. The minimum atomic E-state index is -1.99. The number of alkyl halides is 1. The quantitative estimate of drug-likeness (QED) is 0.528. The van der Waals surface area contributed by atoms with Gasteiger partial charge in [-0.05, 0) is 32.6 Å². The molecule has 0 spiro atoms. The maximum Gasteiger partial charge on any atom is 0.307 e. The predicted molar refractivity (Wildman–Crippen MR) is 90.1 cm³/mol. The Morgan fingerprint density at radius 2 is 1.75 bits per heavy atom. The molecule has 0 saturated heterocycles. The Labute approximate surface area is 142 Å². The maximum atomic E-state index is 14.3. The van der Waals surface area contributed by atoms with Crippen LogP contribution in [-0.2, 0) is 14.4 Å². The van der Waals surface area contributed by atoms with E-state index in [2.05, 4.69) is 17.2 Å². The molecule has 0 radical (unpaired) electrons. The first-order valence-electron chi connectivity index (χ1n) is 8.00. The van der Waals surface area contributed by atoms with E-state index in [1.165, 1.54) is 27.0 Å². The van der Waals surface area contributed by atoms with Crippen LogP contribution in [0.1, 0.15) is 40.5 Å². The smallest absolute Gasteiger partial charge is 0.307 e. The highest BCUT2D eigenvalue weighted by atomic mass is 19.1. The molecule has 7 heteroatoms. The van der Waals surface area contributed by atoms with Crippen molar-refractivity contribution in [3.63, 3.8) is 0 Å². The van der Waals surface area contributed by atoms with Crippen LogP contribution in [0, 0.1) is 17.8 Å². The third-order valence-corrected chi connectivity index (χ3v) is 3.77. The van der Waals surface area contributed by atoms with Gasteiger partial charge in [0.15, 0.2) is 0 Å². The number of hydrogen-bond donors (Lipinski definition) is 3. The molecule has 0 rings (SSSR count). The van der Waals surface area contributed by atoms with Gasteiger partial charge in [-0.3, -0.25) is 14.4 Å². The van der Waals surface area contributed by atoms with Crippen molar-refractivity contribution < 1.29 is 23.9 Å². The van der Waals surface area contributed by atoms with Gasteiger partial charge in [-0.1, -0.05) is 19.9 Å². The number of rotatable bonds is 10. The number of likely N-dealkylation sites (N-methyl/N-ethyl adjacent to an activating group) is 1. The Morgan fingerprint density at radius 3 is 2.08 bits per heavy atom. The van der Waals surface area contributed by atoms with Gasteiger partial charge in [0, 0.05) is 7.05 Å². The Bertz CT molecular complexity index is 472. The van der Waals surface area contributed by atoms with E-state index in [0.29, 0.717) is 6.42 Å². The Balaban J connectivity index is 5.53. The van der Waals surface area contributed by atoms with Crippen molar-refractivity contribution in [3.05, 3.63) is 12.7 Å². The zero-order valence-electron chi connectivity index (χ0n) is 15.1. The predicted octanol–water partition coefficient (Wildman–Crippen LogP) is 1.90. The number of halogens is 1. The minimum Gasteiger partial charge on any atom is -0.481 e. The molecule has 0 aliphatic heterocycles. The fraction of sp³-hybridized carbons (Fsp3) is 0.706. The molecule has 2 amide bonds. The summed E-state index contributed by atoms with van der Waals surface area (Å²) in [5.74, 6) is -4.23. The van der Waals surface area contributed by atoms with Gasteiger partial charge in [0.05, 0.1) is 11.8 Å². The monoisotopic (exact) mass is 344 g/mol. The molecule has 24 heavy (non-hydrogen) atoms. The van der Waals surface area contributed by atoms with Crippen LogP contribution in [0.25, 0.3) is 0 Å². The van der Waals surface area contributed by atoms with Crippen LogP contribution in [0.5, 0.6) is 0 Å². The second kappa shape index (κ2) is 9.39. The zero-order chi connectivity index (χ0) is 19.1. The SMILES string of the molecule is C=CC[C@H](C(=O)O)[C@@H](CC(C)C)C(=O)NC(C(=O)NC)C(C)(C)F. The van der Waals surface area contributed by atoms with Gasteiger partial charge < -0.3 is 15.7 Å². The van der Waals surface area contributed by atoms with E-state index < -0.39 is 41.3 Å². The summed E-state index contributed by atoms with van der Waals surface area (Å²) in [6.07, 6.45) is 1.86. The average molecular weight is 344 g/mol. The molecular formula is C17H29FN2O4. The molecule has 3 atom stereocenters. The van der Waals surface area contributed by atoms with E-state index in [9.17, 15) is 23.9 Å². The van der Waals surface area contributed by atoms with Crippen molar-refractivity contribution >= 4 is 17.8 Å². The fourth-order valence-corrected chi connectivity index (χ4v) is 2.52. The summed E-state index contributed by atoms with van der Waals surface area (Å²) in [6, 6.07) is -1.40.